The lowest BCUT2D eigenvalue weighted by Gasteiger charge is -2.31. The molecule has 0 spiro atoms. The molecule has 1 aromatic rings. The van der Waals surface area contributed by atoms with Gasteiger partial charge in [-0.3, -0.25) is 0 Å². The Bertz CT molecular complexity index is 465. The Morgan fingerprint density at radius 3 is 2.89 bits per heavy atom. The summed E-state index contributed by atoms with van der Waals surface area (Å²) in [4.78, 5) is 0. The van der Waals surface area contributed by atoms with Gasteiger partial charge in [-0.2, -0.15) is 0 Å². The normalized spacial score (nSPS) is 24.2. The van der Waals surface area contributed by atoms with E-state index in [0.29, 0.717) is 30.9 Å². The van der Waals surface area contributed by atoms with Crippen molar-refractivity contribution in [1.29, 1.82) is 0 Å². The first-order chi connectivity index (χ1) is 9.15. The van der Waals surface area contributed by atoms with Crippen LogP contribution in [-0.4, -0.2) is 19.3 Å². The van der Waals surface area contributed by atoms with Gasteiger partial charge in [-0.1, -0.05) is 6.42 Å². The second-order valence-electron chi connectivity index (χ2n) is 5.15. The first-order valence-electron chi connectivity index (χ1n) is 6.66. The number of ether oxygens (including phenoxy) is 2. The largest absolute Gasteiger partial charge is 0.454 e. The maximum absolute atomic E-state index is 13.7. The van der Waals surface area contributed by atoms with Crippen molar-refractivity contribution in [2.75, 3.05) is 18.7 Å². The molecule has 104 valence electrons. The number of hydrogen-bond donors (Lipinski definition) is 1. The zero-order chi connectivity index (χ0) is 13.3. The van der Waals surface area contributed by atoms with Crippen LogP contribution in [0.15, 0.2) is 18.2 Å². The molecule has 1 heterocycles. The van der Waals surface area contributed by atoms with Gasteiger partial charge < -0.3 is 14.8 Å². The monoisotopic (exact) mass is 269 g/mol. The predicted octanol–water partition coefficient (Wildman–Crippen LogP) is 3.65. The highest BCUT2D eigenvalue weighted by Crippen LogP contribution is 2.39. The summed E-state index contributed by atoms with van der Waals surface area (Å²) in [5.41, 5.74) is 0.797. The van der Waals surface area contributed by atoms with Gasteiger partial charge in [0.15, 0.2) is 11.5 Å². The summed E-state index contributed by atoms with van der Waals surface area (Å²) in [6, 6.07) is 5.42. The van der Waals surface area contributed by atoms with Gasteiger partial charge in [0, 0.05) is 30.6 Å². The highest BCUT2D eigenvalue weighted by atomic mass is 19.3. The van der Waals surface area contributed by atoms with E-state index in [9.17, 15) is 8.78 Å². The Morgan fingerprint density at radius 2 is 2.05 bits per heavy atom. The second-order valence-corrected chi connectivity index (χ2v) is 5.15. The van der Waals surface area contributed by atoms with Crippen molar-refractivity contribution in [2.24, 2.45) is 5.92 Å². The SMILES string of the molecule is FC1(F)CCCCC1CNc1ccc2c(c1)OCO2. The number of rotatable bonds is 3. The fourth-order valence-corrected chi connectivity index (χ4v) is 2.67. The second kappa shape index (κ2) is 4.87. The number of alkyl halides is 2. The molecular weight excluding hydrogens is 252 g/mol. The van der Waals surface area contributed by atoms with Crippen molar-refractivity contribution in [3.63, 3.8) is 0 Å². The minimum atomic E-state index is -2.54. The van der Waals surface area contributed by atoms with Crippen molar-refractivity contribution in [3.8, 4) is 11.5 Å². The Hall–Kier alpha value is -1.52. The van der Waals surface area contributed by atoms with Crippen LogP contribution in [0.4, 0.5) is 14.5 Å². The number of fused-ring (bicyclic) bond motifs is 1. The molecule has 3 nitrogen and oxygen atoms in total. The molecule has 1 saturated carbocycles. The number of hydrogen-bond acceptors (Lipinski definition) is 3. The first kappa shape index (κ1) is 12.5. The van der Waals surface area contributed by atoms with E-state index in [1.165, 1.54) is 0 Å². The maximum atomic E-state index is 13.7. The zero-order valence-electron chi connectivity index (χ0n) is 10.6. The van der Waals surface area contributed by atoms with Crippen LogP contribution in [0.5, 0.6) is 11.5 Å². The molecule has 1 fully saturated rings. The molecule has 0 saturated heterocycles. The third-order valence-electron chi connectivity index (χ3n) is 3.84. The topological polar surface area (TPSA) is 30.5 Å². The standard InChI is InChI=1S/C14H17F2NO2/c15-14(16)6-2-1-3-10(14)8-17-11-4-5-12-13(7-11)19-9-18-12/h4-5,7,10,17H,1-3,6,8-9H2. The lowest BCUT2D eigenvalue weighted by atomic mass is 9.85. The molecule has 0 bridgehead atoms. The Morgan fingerprint density at radius 1 is 1.21 bits per heavy atom. The number of halogens is 2. The van der Waals surface area contributed by atoms with Gasteiger partial charge >= 0.3 is 0 Å². The summed E-state index contributed by atoms with van der Waals surface area (Å²) in [7, 11) is 0. The van der Waals surface area contributed by atoms with Crippen molar-refractivity contribution < 1.29 is 18.3 Å². The van der Waals surface area contributed by atoms with Gasteiger partial charge in [-0.25, -0.2) is 8.78 Å². The summed E-state index contributed by atoms with van der Waals surface area (Å²) < 4.78 is 37.9. The van der Waals surface area contributed by atoms with Gasteiger partial charge in [0.2, 0.25) is 6.79 Å². The van der Waals surface area contributed by atoms with Gasteiger partial charge in [-0.15, -0.1) is 0 Å². The van der Waals surface area contributed by atoms with Gasteiger partial charge in [-0.05, 0) is 25.0 Å². The van der Waals surface area contributed by atoms with Crippen LogP contribution >= 0.6 is 0 Å². The third-order valence-corrected chi connectivity index (χ3v) is 3.84. The molecule has 1 aliphatic heterocycles. The van der Waals surface area contributed by atoms with E-state index in [-0.39, 0.29) is 13.2 Å². The quantitative estimate of drug-likeness (QED) is 0.908. The van der Waals surface area contributed by atoms with Crippen LogP contribution in [-0.2, 0) is 0 Å². The van der Waals surface area contributed by atoms with Crippen LogP contribution in [0.25, 0.3) is 0 Å². The van der Waals surface area contributed by atoms with Crippen LogP contribution in [0.2, 0.25) is 0 Å². The molecule has 3 rings (SSSR count). The molecule has 1 aromatic carbocycles. The molecule has 19 heavy (non-hydrogen) atoms. The van der Waals surface area contributed by atoms with E-state index in [2.05, 4.69) is 5.32 Å². The smallest absolute Gasteiger partial charge is 0.252 e. The average molecular weight is 269 g/mol. The molecule has 0 amide bonds. The van der Waals surface area contributed by atoms with E-state index in [1.807, 2.05) is 6.07 Å². The Balaban J connectivity index is 1.62. The van der Waals surface area contributed by atoms with Crippen LogP contribution in [0, 0.1) is 5.92 Å². The molecule has 0 aromatic heterocycles. The van der Waals surface area contributed by atoms with E-state index in [1.54, 1.807) is 12.1 Å². The van der Waals surface area contributed by atoms with Crippen molar-refractivity contribution in [2.45, 2.75) is 31.6 Å². The predicted molar refractivity (Wildman–Crippen MR) is 68.0 cm³/mol. The molecule has 1 aliphatic carbocycles. The van der Waals surface area contributed by atoms with Gasteiger partial charge in [0.25, 0.3) is 5.92 Å². The molecule has 2 aliphatic rings. The highest BCUT2D eigenvalue weighted by Gasteiger charge is 2.40. The Kier molecular flexibility index (Phi) is 3.21. The summed E-state index contributed by atoms with van der Waals surface area (Å²) in [5.74, 6) is -1.75. The van der Waals surface area contributed by atoms with Gasteiger partial charge in [0.05, 0.1) is 0 Å². The van der Waals surface area contributed by atoms with E-state index in [4.69, 9.17) is 9.47 Å². The number of benzene rings is 1. The maximum Gasteiger partial charge on any atom is 0.252 e. The molecule has 1 atom stereocenters. The van der Waals surface area contributed by atoms with Gasteiger partial charge in [0.1, 0.15) is 0 Å². The summed E-state index contributed by atoms with van der Waals surface area (Å²) in [6.45, 7) is 0.520. The summed E-state index contributed by atoms with van der Waals surface area (Å²) in [5, 5.41) is 3.08. The molecular formula is C14H17F2NO2. The average Bonchev–Trinajstić information content (AvgIpc) is 2.84. The number of anilines is 1. The molecule has 0 radical (unpaired) electrons. The van der Waals surface area contributed by atoms with Crippen LogP contribution in [0.3, 0.4) is 0 Å². The van der Waals surface area contributed by atoms with E-state index in [0.717, 1.165) is 12.1 Å². The molecule has 1 N–H and O–H groups in total. The minimum Gasteiger partial charge on any atom is -0.454 e. The molecule has 1 unspecified atom stereocenters. The fourth-order valence-electron chi connectivity index (χ4n) is 2.67. The lowest BCUT2D eigenvalue weighted by molar-refractivity contribution is -0.0802. The number of nitrogens with one attached hydrogen (secondary N) is 1. The van der Waals surface area contributed by atoms with Crippen LogP contribution < -0.4 is 14.8 Å². The van der Waals surface area contributed by atoms with Crippen molar-refractivity contribution >= 4 is 5.69 Å². The first-order valence-corrected chi connectivity index (χ1v) is 6.66. The minimum absolute atomic E-state index is 0.0144. The fraction of sp³-hybridized carbons (Fsp3) is 0.571. The third kappa shape index (κ3) is 2.60. The van der Waals surface area contributed by atoms with E-state index < -0.39 is 11.8 Å². The Labute approximate surface area is 110 Å². The van der Waals surface area contributed by atoms with E-state index >= 15 is 0 Å². The van der Waals surface area contributed by atoms with Crippen LogP contribution in [0.1, 0.15) is 25.7 Å². The van der Waals surface area contributed by atoms with Crippen molar-refractivity contribution in [1.82, 2.24) is 0 Å². The lowest BCUT2D eigenvalue weighted by Crippen LogP contribution is -2.36. The highest BCUT2D eigenvalue weighted by molar-refractivity contribution is 5.55. The summed E-state index contributed by atoms with van der Waals surface area (Å²) >= 11 is 0. The van der Waals surface area contributed by atoms with Crippen molar-refractivity contribution in [3.05, 3.63) is 18.2 Å². The zero-order valence-corrected chi connectivity index (χ0v) is 10.6. The summed E-state index contributed by atoms with van der Waals surface area (Å²) in [6.07, 6.45) is 2.13. The molecule has 5 heteroatoms.